The molecule has 8 nitrogen and oxygen atoms in total. The molecule has 0 saturated carbocycles. The lowest BCUT2D eigenvalue weighted by atomic mass is 9.80. The van der Waals surface area contributed by atoms with Gasteiger partial charge in [-0.05, 0) is 16.7 Å². The third-order valence-electron chi connectivity index (χ3n) is 6.58. The van der Waals surface area contributed by atoms with Crippen LogP contribution in [0.5, 0.6) is 0 Å². The number of hydrogen-bond acceptors (Lipinski definition) is 7. The van der Waals surface area contributed by atoms with Gasteiger partial charge in [0.25, 0.3) is 0 Å². The van der Waals surface area contributed by atoms with Crippen LogP contribution in [0.15, 0.2) is 91.0 Å². The van der Waals surface area contributed by atoms with Crippen LogP contribution in [-0.4, -0.2) is 55.2 Å². The maximum Gasteiger partial charge on any atom is 0.305 e. The summed E-state index contributed by atoms with van der Waals surface area (Å²) in [5.74, 6) is -2.02. The SMILES string of the molecule is CC(=O)N[C@H]1[C@@H](OC(C)=O)O[C@H](COC(c2ccccc2)(c2ccccc2)c2ccccc2)[C@@H](F)[C@@H]1OC(C)=O. The van der Waals surface area contributed by atoms with Crippen LogP contribution < -0.4 is 5.32 Å². The number of halogens is 1. The minimum atomic E-state index is -1.92. The van der Waals surface area contributed by atoms with Crippen LogP contribution in [0.2, 0.25) is 0 Å². The van der Waals surface area contributed by atoms with Crippen LogP contribution in [-0.2, 0) is 38.9 Å². The molecule has 40 heavy (non-hydrogen) atoms. The Morgan fingerprint density at radius 1 is 0.775 bits per heavy atom. The Kier molecular flexibility index (Phi) is 9.29. The second-order valence-corrected chi connectivity index (χ2v) is 9.49. The van der Waals surface area contributed by atoms with Crippen molar-refractivity contribution >= 4 is 17.8 Å². The Balaban J connectivity index is 1.76. The van der Waals surface area contributed by atoms with E-state index in [-0.39, 0.29) is 6.61 Å². The van der Waals surface area contributed by atoms with Gasteiger partial charge < -0.3 is 24.3 Å². The van der Waals surface area contributed by atoms with Crippen molar-refractivity contribution < 1.29 is 37.7 Å². The van der Waals surface area contributed by atoms with Crippen molar-refractivity contribution in [3.8, 4) is 0 Å². The second-order valence-electron chi connectivity index (χ2n) is 9.49. The zero-order valence-corrected chi connectivity index (χ0v) is 22.5. The van der Waals surface area contributed by atoms with Crippen LogP contribution in [0.1, 0.15) is 37.5 Å². The predicted octanol–water partition coefficient (Wildman–Crippen LogP) is 4.06. The van der Waals surface area contributed by atoms with Gasteiger partial charge in [0.15, 0.2) is 12.3 Å². The maximum absolute atomic E-state index is 16.1. The molecule has 3 aromatic rings. The van der Waals surface area contributed by atoms with Crippen molar-refractivity contribution in [2.75, 3.05) is 6.61 Å². The first-order valence-electron chi connectivity index (χ1n) is 12.9. The molecule has 1 amide bonds. The Labute approximate surface area is 232 Å². The highest BCUT2D eigenvalue weighted by Crippen LogP contribution is 2.41. The van der Waals surface area contributed by atoms with E-state index < -0.39 is 54.2 Å². The highest BCUT2D eigenvalue weighted by Gasteiger charge is 2.51. The Morgan fingerprint density at radius 3 is 1.62 bits per heavy atom. The average Bonchev–Trinajstić information content (AvgIpc) is 2.94. The molecule has 210 valence electrons. The first kappa shape index (κ1) is 28.9. The molecule has 0 spiro atoms. The van der Waals surface area contributed by atoms with Crippen LogP contribution in [0, 0.1) is 0 Å². The van der Waals surface area contributed by atoms with Crippen molar-refractivity contribution in [2.24, 2.45) is 0 Å². The standard InChI is InChI=1S/C31H32FNO7/c1-20(34)33-28-29(38-21(2)35)27(32)26(40-30(28)39-22(3)36)19-37-31(23-13-7-4-8-14-23,24-15-9-5-10-16-24)25-17-11-6-12-18-25/h4-18,26-30H,19H2,1-3H3,(H,33,34)/t26-,27-,28-,29+,30+/m1/s1. The molecule has 0 aromatic heterocycles. The van der Waals surface area contributed by atoms with E-state index in [0.29, 0.717) is 0 Å². The van der Waals surface area contributed by atoms with Crippen LogP contribution in [0.3, 0.4) is 0 Å². The van der Waals surface area contributed by atoms with Crippen LogP contribution >= 0.6 is 0 Å². The van der Waals surface area contributed by atoms with Crippen LogP contribution in [0.4, 0.5) is 4.39 Å². The number of rotatable bonds is 9. The van der Waals surface area contributed by atoms with Gasteiger partial charge in [-0.2, -0.15) is 0 Å². The summed E-state index contributed by atoms with van der Waals surface area (Å²) in [7, 11) is 0. The van der Waals surface area contributed by atoms with Crippen molar-refractivity contribution in [3.63, 3.8) is 0 Å². The van der Waals surface area contributed by atoms with Crippen molar-refractivity contribution in [1.29, 1.82) is 0 Å². The van der Waals surface area contributed by atoms with Gasteiger partial charge in [0.2, 0.25) is 12.2 Å². The molecular formula is C31H32FNO7. The van der Waals surface area contributed by atoms with Crippen LogP contribution in [0.25, 0.3) is 0 Å². The largest absolute Gasteiger partial charge is 0.457 e. The molecule has 1 heterocycles. The zero-order chi connectivity index (χ0) is 28.7. The zero-order valence-electron chi connectivity index (χ0n) is 22.5. The third kappa shape index (κ3) is 6.38. The highest BCUT2D eigenvalue weighted by molar-refractivity contribution is 5.74. The van der Waals surface area contributed by atoms with Gasteiger partial charge in [-0.3, -0.25) is 14.4 Å². The predicted molar refractivity (Wildman–Crippen MR) is 144 cm³/mol. The minimum absolute atomic E-state index is 0.317. The minimum Gasteiger partial charge on any atom is -0.457 e. The molecule has 1 saturated heterocycles. The summed E-state index contributed by atoms with van der Waals surface area (Å²) in [5, 5.41) is 2.49. The normalized spacial score (nSPS) is 22.6. The lowest BCUT2D eigenvalue weighted by Gasteiger charge is -2.44. The summed E-state index contributed by atoms with van der Waals surface area (Å²) in [4.78, 5) is 35.7. The van der Waals surface area contributed by atoms with Gasteiger partial charge >= 0.3 is 11.9 Å². The molecule has 4 rings (SSSR count). The first-order chi connectivity index (χ1) is 19.2. The van der Waals surface area contributed by atoms with E-state index in [1.807, 2.05) is 91.0 Å². The fourth-order valence-electron chi connectivity index (χ4n) is 4.98. The van der Waals surface area contributed by atoms with E-state index in [2.05, 4.69) is 5.32 Å². The number of hydrogen-bond donors (Lipinski definition) is 1. The molecule has 0 aliphatic carbocycles. The fourth-order valence-corrected chi connectivity index (χ4v) is 4.98. The number of esters is 2. The Bertz CT molecular complexity index is 1190. The van der Waals surface area contributed by atoms with Gasteiger partial charge in [-0.1, -0.05) is 91.0 Å². The third-order valence-corrected chi connectivity index (χ3v) is 6.58. The van der Waals surface area contributed by atoms with Crippen molar-refractivity contribution in [1.82, 2.24) is 5.32 Å². The Hall–Kier alpha value is -4.08. The second kappa shape index (κ2) is 12.8. The summed E-state index contributed by atoms with van der Waals surface area (Å²) in [6.07, 6.45) is -6.17. The average molecular weight is 550 g/mol. The van der Waals surface area contributed by atoms with E-state index in [1.54, 1.807) is 0 Å². The Morgan fingerprint density at radius 2 is 1.23 bits per heavy atom. The van der Waals surface area contributed by atoms with Gasteiger partial charge in [-0.25, -0.2) is 4.39 Å². The molecule has 3 aromatic carbocycles. The number of alkyl halides is 1. The molecule has 0 unspecified atom stereocenters. The lowest BCUT2D eigenvalue weighted by Crippen LogP contribution is -2.65. The van der Waals surface area contributed by atoms with E-state index >= 15 is 4.39 Å². The summed E-state index contributed by atoms with van der Waals surface area (Å²) < 4.78 is 39.2. The summed E-state index contributed by atoms with van der Waals surface area (Å²) in [6.45, 7) is 3.19. The molecule has 9 heteroatoms. The van der Waals surface area contributed by atoms with E-state index in [0.717, 1.165) is 30.5 Å². The van der Waals surface area contributed by atoms with Crippen molar-refractivity contribution in [2.45, 2.75) is 57.1 Å². The smallest absolute Gasteiger partial charge is 0.305 e. The molecular weight excluding hydrogens is 517 g/mol. The quantitative estimate of drug-likeness (QED) is 0.317. The monoisotopic (exact) mass is 549 g/mol. The molecule has 1 N–H and O–H groups in total. The van der Waals surface area contributed by atoms with E-state index in [1.165, 1.54) is 6.92 Å². The fraction of sp³-hybridized carbons (Fsp3) is 0.323. The van der Waals surface area contributed by atoms with Gasteiger partial charge in [0.1, 0.15) is 17.7 Å². The molecule has 1 aliphatic rings. The number of carbonyl (C=O) groups excluding carboxylic acids is 3. The molecule has 0 bridgehead atoms. The number of nitrogens with one attached hydrogen (secondary N) is 1. The van der Waals surface area contributed by atoms with Gasteiger partial charge in [-0.15, -0.1) is 0 Å². The van der Waals surface area contributed by atoms with Gasteiger partial charge in [0, 0.05) is 20.8 Å². The summed E-state index contributed by atoms with van der Waals surface area (Å²) in [6, 6.07) is 27.3. The molecule has 0 radical (unpaired) electrons. The number of ether oxygens (including phenoxy) is 4. The first-order valence-corrected chi connectivity index (χ1v) is 12.9. The number of amides is 1. The molecule has 5 atom stereocenters. The van der Waals surface area contributed by atoms with Gasteiger partial charge in [0.05, 0.1) is 6.61 Å². The summed E-state index contributed by atoms with van der Waals surface area (Å²) >= 11 is 0. The molecule has 1 fully saturated rings. The number of benzene rings is 3. The highest BCUT2D eigenvalue weighted by atomic mass is 19.1. The lowest BCUT2D eigenvalue weighted by molar-refractivity contribution is -0.261. The number of carbonyl (C=O) groups is 3. The van der Waals surface area contributed by atoms with E-state index in [9.17, 15) is 14.4 Å². The molecule has 1 aliphatic heterocycles. The van der Waals surface area contributed by atoms with E-state index in [4.69, 9.17) is 18.9 Å². The topological polar surface area (TPSA) is 100 Å². The summed E-state index contributed by atoms with van der Waals surface area (Å²) in [5.41, 5.74) is 1.21. The van der Waals surface area contributed by atoms with Crippen molar-refractivity contribution in [3.05, 3.63) is 108 Å². The maximum atomic E-state index is 16.1.